The van der Waals surface area contributed by atoms with E-state index in [0.29, 0.717) is 38.2 Å². The second-order valence-corrected chi connectivity index (χ2v) is 7.57. The maximum absolute atomic E-state index is 13.0. The number of aromatic nitrogens is 4. The lowest BCUT2D eigenvalue weighted by molar-refractivity contribution is -0.116. The third-order valence-corrected chi connectivity index (χ3v) is 5.58. The molecular formula is C20H16ClN5O3S. The van der Waals surface area contributed by atoms with Crippen molar-refractivity contribution in [2.45, 2.75) is 13.5 Å². The molecule has 0 atom stereocenters. The van der Waals surface area contributed by atoms with Crippen LogP contribution in [0.3, 0.4) is 0 Å². The van der Waals surface area contributed by atoms with E-state index >= 15 is 0 Å². The van der Waals surface area contributed by atoms with Crippen LogP contribution in [-0.4, -0.2) is 31.9 Å². The summed E-state index contributed by atoms with van der Waals surface area (Å²) in [6.45, 7) is 1.51. The van der Waals surface area contributed by atoms with Gasteiger partial charge in [0.1, 0.15) is 34.0 Å². The molecule has 1 N–H and O–H groups in total. The number of hydrogen-bond donors (Lipinski definition) is 1. The monoisotopic (exact) mass is 441 g/mol. The first-order chi connectivity index (χ1) is 14.5. The Kier molecular flexibility index (Phi) is 5.47. The van der Waals surface area contributed by atoms with Gasteiger partial charge in [0.25, 0.3) is 5.56 Å². The standard InChI is InChI=1S/C20H16ClN5O3S/c1-11-23-18-17(12-5-7-22-8-6-12)25-30-19(18)20(28)26(11)10-16(27)24-13-3-4-15(29-2)14(21)9-13/h3-9H,10H2,1-2H3,(H,24,27). The maximum atomic E-state index is 13.0. The Morgan fingerprint density at radius 3 is 2.73 bits per heavy atom. The first-order valence-corrected chi connectivity index (χ1v) is 10.0. The van der Waals surface area contributed by atoms with E-state index in [1.807, 2.05) is 12.1 Å². The summed E-state index contributed by atoms with van der Waals surface area (Å²) in [4.78, 5) is 34.0. The lowest BCUT2D eigenvalue weighted by atomic mass is 10.2. The highest BCUT2D eigenvalue weighted by Crippen LogP contribution is 2.28. The molecule has 1 amide bonds. The molecule has 0 bridgehead atoms. The van der Waals surface area contributed by atoms with E-state index < -0.39 is 0 Å². The number of benzene rings is 1. The van der Waals surface area contributed by atoms with Crippen LogP contribution in [0.5, 0.6) is 5.75 Å². The van der Waals surface area contributed by atoms with Crippen LogP contribution in [0.2, 0.25) is 5.02 Å². The van der Waals surface area contributed by atoms with Gasteiger partial charge in [0, 0.05) is 23.6 Å². The number of ether oxygens (including phenoxy) is 1. The van der Waals surface area contributed by atoms with Crippen LogP contribution in [0.1, 0.15) is 5.82 Å². The number of aryl methyl sites for hydroxylation is 1. The number of rotatable bonds is 5. The highest BCUT2D eigenvalue weighted by Gasteiger charge is 2.18. The zero-order valence-corrected chi connectivity index (χ0v) is 17.6. The molecule has 0 aliphatic heterocycles. The van der Waals surface area contributed by atoms with Crippen molar-refractivity contribution in [3.63, 3.8) is 0 Å². The Hall–Kier alpha value is -3.30. The summed E-state index contributed by atoms with van der Waals surface area (Å²) < 4.78 is 11.2. The van der Waals surface area contributed by atoms with Crippen LogP contribution >= 0.6 is 23.1 Å². The summed E-state index contributed by atoms with van der Waals surface area (Å²) in [5, 5.41) is 3.11. The zero-order valence-electron chi connectivity index (χ0n) is 16.0. The van der Waals surface area contributed by atoms with Gasteiger partial charge in [-0.05, 0) is 48.8 Å². The Morgan fingerprint density at radius 1 is 1.27 bits per heavy atom. The fourth-order valence-electron chi connectivity index (χ4n) is 2.99. The summed E-state index contributed by atoms with van der Waals surface area (Å²) in [7, 11) is 1.51. The first-order valence-electron chi connectivity index (χ1n) is 8.88. The molecule has 3 aromatic heterocycles. The van der Waals surface area contributed by atoms with Gasteiger partial charge in [0.2, 0.25) is 5.91 Å². The second kappa shape index (κ2) is 8.21. The molecular weight excluding hydrogens is 426 g/mol. The Labute approximate surface area is 180 Å². The molecule has 4 rings (SSSR count). The summed E-state index contributed by atoms with van der Waals surface area (Å²) >= 11 is 7.16. The van der Waals surface area contributed by atoms with Crippen molar-refractivity contribution >= 4 is 44.9 Å². The molecule has 0 saturated heterocycles. The molecule has 0 spiro atoms. The average Bonchev–Trinajstić information content (AvgIpc) is 3.16. The van der Waals surface area contributed by atoms with Gasteiger partial charge < -0.3 is 10.1 Å². The number of nitrogens with zero attached hydrogens (tertiary/aromatic N) is 4. The van der Waals surface area contributed by atoms with Gasteiger partial charge in [-0.1, -0.05) is 11.6 Å². The van der Waals surface area contributed by atoms with Crippen molar-refractivity contribution < 1.29 is 9.53 Å². The van der Waals surface area contributed by atoms with Gasteiger partial charge in [0.15, 0.2) is 0 Å². The molecule has 0 unspecified atom stereocenters. The number of fused-ring (bicyclic) bond motifs is 1. The molecule has 10 heteroatoms. The van der Waals surface area contributed by atoms with Gasteiger partial charge >= 0.3 is 0 Å². The molecule has 4 aromatic rings. The Morgan fingerprint density at radius 2 is 2.03 bits per heavy atom. The molecule has 3 heterocycles. The van der Waals surface area contributed by atoms with Gasteiger partial charge in [0.05, 0.1) is 12.1 Å². The molecule has 30 heavy (non-hydrogen) atoms. The van der Waals surface area contributed by atoms with E-state index in [1.54, 1.807) is 37.5 Å². The summed E-state index contributed by atoms with van der Waals surface area (Å²) in [5.41, 5.74) is 2.17. The van der Waals surface area contributed by atoms with Crippen LogP contribution in [0.25, 0.3) is 21.5 Å². The molecule has 0 radical (unpaired) electrons. The van der Waals surface area contributed by atoms with E-state index in [1.165, 1.54) is 11.7 Å². The number of amides is 1. The van der Waals surface area contributed by atoms with E-state index in [9.17, 15) is 9.59 Å². The minimum Gasteiger partial charge on any atom is -0.495 e. The van der Waals surface area contributed by atoms with E-state index in [-0.39, 0.29) is 18.0 Å². The smallest absolute Gasteiger partial charge is 0.273 e. The first kappa shape index (κ1) is 20.0. The van der Waals surface area contributed by atoms with Crippen LogP contribution < -0.4 is 15.6 Å². The fourth-order valence-corrected chi connectivity index (χ4v) is 4.04. The lowest BCUT2D eigenvalue weighted by Crippen LogP contribution is -2.29. The highest BCUT2D eigenvalue weighted by molar-refractivity contribution is 7.13. The van der Waals surface area contributed by atoms with Gasteiger partial charge in [-0.25, -0.2) is 4.98 Å². The topological polar surface area (TPSA) is 99.0 Å². The van der Waals surface area contributed by atoms with Crippen molar-refractivity contribution in [1.82, 2.24) is 18.9 Å². The maximum Gasteiger partial charge on any atom is 0.273 e. The van der Waals surface area contributed by atoms with Gasteiger partial charge in [-0.3, -0.25) is 19.1 Å². The summed E-state index contributed by atoms with van der Waals surface area (Å²) in [6.07, 6.45) is 3.31. The van der Waals surface area contributed by atoms with Gasteiger partial charge in [-0.2, -0.15) is 4.37 Å². The van der Waals surface area contributed by atoms with E-state index in [0.717, 1.165) is 17.1 Å². The van der Waals surface area contributed by atoms with Crippen molar-refractivity contribution in [2.75, 3.05) is 12.4 Å². The second-order valence-electron chi connectivity index (χ2n) is 6.39. The van der Waals surface area contributed by atoms with Crippen molar-refractivity contribution in [3.05, 3.63) is 63.9 Å². The number of methoxy groups -OCH3 is 1. The third-order valence-electron chi connectivity index (χ3n) is 4.46. The number of pyridine rings is 1. The van der Waals surface area contributed by atoms with Crippen molar-refractivity contribution in [3.8, 4) is 17.0 Å². The summed E-state index contributed by atoms with van der Waals surface area (Å²) in [6, 6.07) is 8.53. The molecule has 1 aromatic carbocycles. The van der Waals surface area contributed by atoms with Crippen LogP contribution in [0.4, 0.5) is 5.69 Å². The highest BCUT2D eigenvalue weighted by atomic mass is 35.5. The Balaban J connectivity index is 1.62. The Bertz CT molecular complexity index is 1300. The fraction of sp³-hybridized carbons (Fsp3) is 0.150. The summed E-state index contributed by atoms with van der Waals surface area (Å²) in [5.74, 6) is 0.555. The SMILES string of the molecule is COc1ccc(NC(=O)Cn2c(C)nc3c(-c4ccncc4)nsc3c2=O)cc1Cl. The van der Waals surface area contributed by atoms with Crippen LogP contribution in [-0.2, 0) is 11.3 Å². The van der Waals surface area contributed by atoms with Crippen molar-refractivity contribution in [1.29, 1.82) is 0 Å². The van der Waals surface area contributed by atoms with Crippen LogP contribution in [0, 0.1) is 6.92 Å². The lowest BCUT2D eigenvalue weighted by Gasteiger charge is -2.11. The molecule has 0 fully saturated rings. The number of carbonyl (C=O) groups is 1. The molecule has 0 saturated carbocycles. The molecule has 152 valence electrons. The molecule has 0 aliphatic rings. The molecule has 8 nitrogen and oxygen atoms in total. The molecule has 0 aliphatic carbocycles. The van der Waals surface area contributed by atoms with E-state index in [4.69, 9.17) is 16.3 Å². The predicted octanol–water partition coefficient (Wildman–Crippen LogP) is 3.52. The van der Waals surface area contributed by atoms with Gasteiger partial charge in [-0.15, -0.1) is 0 Å². The number of halogens is 1. The van der Waals surface area contributed by atoms with Crippen molar-refractivity contribution in [2.24, 2.45) is 0 Å². The zero-order chi connectivity index (χ0) is 21.3. The third kappa shape index (κ3) is 3.77. The number of carbonyl (C=O) groups excluding carboxylic acids is 1. The minimum absolute atomic E-state index is 0.181. The number of nitrogens with one attached hydrogen (secondary N) is 1. The number of anilines is 1. The average molecular weight is 442 g/mol. The minimum atomic E-state index is -0.374. The predicted molar refractivity (Wildman–Crippen MR) is 116 cm³/mol. The largest absolute Gasteiger partial charge is 0.495 e. The normalized spacial score (nSPS) is 10.9. The number of hydrogen-bond acceptors (Lipinski definition) is 7. The quantitative estimate of drug-likeness (QED) is 0.508. The van der Waals surface area contributed by atoms with Crippen LogP contribution in [0.15, 0.2) is 47.5 Å². The van der Waals surface area contributed by atoms with E-state index in [2.05, 4.69) is 19.7 Å².